The number of rotatable bonds is 2. The summed E-state index contributed by atoms with van der Waals surface area (Å²) in [4.78, 5) is 4.70. The van der Waals surface area contributed by atoms with E-state index in [1.54, 1.807) is 11.3 Å². The number of nitrogens with zero attached hydrogens (tertiary/aromatic N) is 1. The molecule has 0 bridgehead atoms. The van der Waals surface area contributed by atoms with Crippen molar-refractivity contribution in [3.63, 3.8) is 0 Å². The summed E-state index contributed by atoms with van der Waals surface area (Å²) >= 11 is 1.73. The van der Waals surface area contributed by atoms with Crippen LogP contribution in [-0.4, -0.2) is 4.98 Å². The smallest absolute Gasteiger partial charge is 0.124 e. The maximum atomic E-state index is 5.84. The van der Waals surface area contributed by atoms with Gasteiger partial charge in [-0.25, -0.2) is 4.98 Å². The molecule has 0 radical (unpaired) electrons. The van der Waals surface area contributed by atoms with Gasteiger partial charge < -0.3 is 5.73 Å². The second kappa shape index (κ2) is 4.42. The second-order valence-electron chi connectivity index (χ2n) is 4.26. The minimum atomic E-state index is 0.816. The zero-order valence-corrected chi connectivity index (χ0v) is 11.0. The number of nitrogen functional groups attached to an aromatic ring is 1. The van der Waals surface area contributed by atoms with E-state index in [4.69, 9.17) is 10.7 Å². The zero-order valence-electron chi connectivity index (χ0n) is 10.2. The number of hydrogen-bond acceptors (Lipinski definition) is 3. The highest BCUT2D eigenvalue weighted by Crippen LogP contribution is 2.33. The third-order valence-corrected chi connectivity index (χ3v) is 4.10. The third-order valence-electron chi connectivity index (χ3n) is 3.03. The van der Waals surface area contributed by atoms with Crippen LogP contribution in [0.1, 0.15) is 12.5 Å². The average Bonchev–Trinajstić information content (AvgIpc) is 2.82. The van der Waals surface area contributed by atoms with E-state index < -0.39 is 0 Å². The van der Waals surface area contributed by atoms with Gasteiger partial charge in [0.1, 0.15) is 5.01 Å². The zero-order chi connectivity index (χ0) is 12.5. The van der Waals surface area contributed by atoms with Crippen LogP contribution in [0, 0.1) is 0 Å². The van der Waals surface area contributed by atoms with Gasteiger partial charge in [-0.2, -0.15) is 0 Å². The molecule has 0 aliphatic heterocycles. The van der Waals surface area contributed by atoms with E-state index >= 15 is 0 Å². The molecule has 3 heteroatoms. The van der Waals surface area contributed by atoms with Crippen molar-refractivity contribution in [2.24, 2.45) is 0 Å². The van der Waals surface area contributed by atoms with Gasteiger partial charge >= 0.3 is 0 Å². The molecular formula is C15H14N2S. The molecule has 0 amide bonds. The van der Waals surface area contributed by atoms with E-state index in [0.29, 0.717) is 0 Å². The minimum Gasteiger partial charge on any atom is -0.399 e. The monoisotopic (exact) mass is 254 g/mol. The van der Waals surface area contributed by atoms with E-state index in [9.17, 15) is 0 Å². The lowest BCUT2D eigenvalue weighted by atomic mass is 10.0. The first-order chi connectivity index (χ1) is 8.78. The summed E-state index contributed by atoms with van der Waals surface area (Å²) in [7, 11) is 0. The quantitative estimate of drug-likeness (QED) is 0.699. The topological polar surface area (TPSA) is 38.9 Å². The van der Waals surface area contributed by atoms with E-state index in [0.717, 1.165) is 22.6 Å². The summed E-state index contributed by atoms with van der Waals surface area (Å²) < 4.78 is 1.23. The van der Waals surface area contributed by atoms with Crippen LogP contribution >= 0.6 is 11.3 Å². The Labute approximate surface area is 110 Å². The third kappa shape index (κ3) is 1.87. The molecule has 3 rings (SSSR count). The Hall–Kier alpha value is -1.87. The maximum Gasteiger partial charge on any atom is 0.124 e. The van der Waals surface area contributed by atoms with Crippen LogP contribution in [-0.2, 0) is 6.42 Å². The van der Waals surface area contributed by atoms with Crippen LogP contribution in [0.25, 0.3) is 20.8 Å². The SMILES string of the molecule is CCc1cc(N)ccc1-c1nc2ccccc2s1. The normalized spacial score (nSPS) is 10.9. The second-order valence-corrected chi connectivity index (χ2v) is 5.29. The Morgan fingerprint density at radius 2 is 2.00 bits per heavy atom. The van der Waals surface area contributed by atoms with Gasteiger partial charge in [0, 0.05) is 11.3 Å². The molecular weight excluding hydrogens is 240 g/mol. The Morgan fingerprint density at radius 3 is 2.78 bits per heavy atom. The van der Waals surface area contributed by atoms with Crippen molar-refractivity contribution in [1.29, 1.82) is 0 Å². The van der Waals surface area contributed by atoms with Crippen molar-refractivity contribution >= 4 is 27.2 Å². The molecule has 2 aromatic carbocycles. The Bertz CT molecular complexity index is 668. The predicted octanol–water partition coefficient (Wildman–Crippen LogP) is 4.11. The van der Waals surface area contributed by atoms with Crippen LogP contribution in [0.15, 0.2) is 42.5 Å². The molecule has 0 spiro atoms. The number of aromatic nitrogens is 1. The van der Waals surface area contributed by atoms with Gasteiger partial charge in [0.05, 0.1) is 10.2 Å². The van der Waals surface area contributed by atoms with Crippen molar-refractivity contribution in [2.45, 2.75) is 13.3 Å². The lowest BCUT2D eigenvalue weighted by Gasteiger charge is -2.05. The Balaban J connectivity index is 2.19. The predicted molar refractivity (Wildman–Crippen MR) is 78.8 cm³/mol. The summed E-state index contributed by atoms with van der Waals surface area (Å²) in [5.74, 6) is 0. The highest BCUT2D eigenvalue weighted by atomic mass is 32.1. The molecule has 0 unspecified atom stereocenters. The van der Waals surface area contributed by atoms with Gasteiger partial charge in [0.15, 0.2) is 0 Å². The number of benzene rings is 2. The maximum absolute atomic E-state index is 5.84. The highest BCUT2D eigenvalue weighted by molar-refractivity contribution is 7.21. The fourth-order valence-corrected chi connectivity index (χ4v) is 3.13. The van der Waals surface area contributed by atoms with E-state index in [-0.39, 0.29) is 0 Å². The molecule has 0 aliphatic carbocycles. The molecule has 0 saturated heterocycles. The summed E-state index contributed by atoms with van der Waals surface area (Å²) in [5.41, 5.74) is 10.2. The van der Waals surface area contributed by atoms with Gasteiger partial charge in [-0.05, 0) is 42.3 Å². The number of nitrogens with two attached hydrogens (primary N) is 1. The molecule has 2 nitrogen and oxygen atoms in total. The summed E-state index contributed by atoms with van der Waals surface area (Å²) in [5, 5.41) is 1.08. The molecule has 90 valence electrons. The number of fused-ring (bicyclic) bond motifs is 1. The molecule has 0 fully saturated rings. The molecule has 1 aromatic heterocycles. The fourth-order valence-electron chi connectivity index (χ4n) is 2.10. The van der Waals surface area contributed by atoms with Gasteiger partial charge in [-0.1, -0.05) is 19.1 Å². The van der Waals surface area contributed by atoms with Crippen molar-refractivity contribution < 1.29 is 0 Å². The van der Waals surface area contributed by atoms with Crippen molar-refractivity contribution in [3.05, 3.63) is 48.0 Å². The van der Waals surface area contributed by atoms with Crippen LogP contribution in [0.5, 0.6) is 0 Å². The molecule has 2 N–H and O–H groups in total. The summed E-state index contributed by atoms with van der Waals surface area (Å²) in [6.45, 7) is 2.14. The standard InChI is InChI=1S/C15H14N2S/c1-2-10-9-11(16)7-8-12(10)15-17-13-5-3-4-6-14(13)18-15/h3-9H,2,16H2,1H3. The van der Waals surface area contributed by atoms with Crippen LogP contribution in [0.4, 0.5) is 5.69 Å². The number of aryl methyl sites for hydroxylation is 1. The number of anilines is 1. The molecule has 1 heterocycles. The van der Waals surface area contributed by atoms with Gasteiger partial charge in [0.25, 0.3) is 0 Å². The largest absolute Gasteiger partial charge is 0.399 e. The summed E-state index contributed by atoms with van der Waals surface area (Å²) in [6, 6.07) is 14.3. The Kier molecular flexibility index (Phi) is 2.76. The number of para-hydroxylation sites is 1. The van der Waals surface area contributed by atoms with Gasteiger partial charge in [0.2, 0.25) is 0 Å². The van der Waals surface area contributed by atoms with Crippen molar-refractivity contribution in [2.75, 3.05) is 5.73 Å². The highest BCUT2D eigenvalue weighted by Gasteiger charge is 2.09. The van der Waals surface area contributed by atoms with Gasteiger partial charge in [-0.3, -0.25) is 0 Å². The number of hydrogen-bond donors (Lipinski definition) is 1. The molecule has 18 heavy (non-hydrogen) atoms. The van der Waals surface area contributed by atoms with Crippen molar-refractivity contribution in [3.8, 4) is 10.6 Å². The van der Waals surface area contributed by atoms with E-state index in [1.807, 2.05) is 24.3 Å². The first kappa shape index (κ1) is 11.2. The van der Waals surface area contributed by atoms with Crippen LogP contribution in [0.2, 0.25) is 0 Å². The fraction of sp³-hybridized carbons (Fsp3) is 0.133. The van der Waals surface area contributed by atoms with E-state index in [1.165, 1.54) is 15.8 Å². The van der Waals surface area contributed by atoms with Crippen molar-refractivity contribution in [1.82, 2.24) is 4.98 Å². The molecule has 0 atom stereocenters. The average molecular weight is 254 g/mol. The first-order valence-corrected chi connectivity index (χ1v) is 6.84. The lowest BCUT2D eigenvalue weighted by molar-refractivity contribution is 1.14. The van der Waals surface area contributed by atoms with E-state index in [2.05, 4.69) is 25.1 Å². The molecule has 3 aromatic rings. The lowest BCUT2D eigenvalue weighted by Crippen LogP contribution is -1.91. The Morgan fingerprint density at radius 1 is 1.17 bits per heavy atom. The molecule has 0 aliphatic rings. The number of thiazole rings is 1. The molecule has 0 saturated carbocycles. The van der Waals surface area contributed by atoms with Crippen LogP contribution in [0.3, 0.4) is 0 Å². The van der Waals surface area contributed by atoms with Gasteiger partial charge in [-0.15, -0.1) is 11.3 Å². The van der Waals surface area contributed by atoms with Crippen LogP contribution < -0.4 is 5.73 Å². The minimum absolute atomic E-state index is 0.816. The first-order valence-electron chi connectivity index (χ1n) is 6.02. The summed E-state index contributed by atoms with van der Waals surface area (Å²) in [6.07, 6.45) is 0.969.